The summed E-state index contributed by atoms with van der Waals surface area (Å²) in [4.78, 5) is 1.01. The van der Waals surface area contributed by atoms with Gasteiger partial charge in [0.05, 0.1) is 13.2 Å². The molecule has 0 fully saturated rings. The fourth-order valence-electron chi connectivity index (χ4n) is 1.56. The normalized spacial score (nSPS) is 13.2. The summed E-state index contributed by atoms with van der Waals surface area (Å²) in [5.41, 5.74) is 0. The molecule has 1 aromatic rings. The van der Waals surface area contributed by atoms with Crippen LogP contribution < -0.4 is 4.74 Å². The molecule has 1 N–H and O–H groups in total. The molecular formula is C11H18O2S. The van der Waals surface area contributed by atoms with Crippen LogP contribution in [0.15, 0.2) is 11.4 Å². The average molecular weight is 214 g/mol. The highest BCUT2D eigenvalue weighted by molar-refractivity contribution is 7.10. The highest BCUT2D eigenvalue weighted by atomic mass is 32.1. The molecule has 80 valence electrons. The molecule has 2 nitrogen and oxygen atoms in total. The Bertz CT molecular complexity index is 266. The maximum Gasteiger partial charge on any atom is 0.129 e. The van der Waals surface area contributed by atoms with Crippen LogP contribution in [0.4, 0.5) is 0 Å². The van der Waals surface area contributed by atoms with Crippen LogP contribution in [0.2, 0.25) is 0 Å². The van der Waals surface area contributed by atoms with Gasteiger partial charge in [0, 0.05) is 10.3 Å². The second-order valence-corrected chi connectivity index (χ2v) is 4.35. The van der Waals surface area contributed by atoms with Gasteiger partial charge < -0.3 is 9.84 Å². The van der Waals surface area contributed by atoms with Crippen molar-refractivity contribution in [1.82, 2.24) is 0 Å². The van der Waals surface area contributed by atoms with Crippen LogP contribution in [0.5, 0.6) is 5.75 Å². The fourth-order valence-corrected chi connectivity index (χ4v) is 2.50. The Morgan fingerprint density at radius 2 is 2.07 bits per heavy atom. The van der Waals surface area contributed by atoms with Crippen molar-refractivity contribution in [2.24, 2.45) is 5.92 Å². The van der Waals surface area contributed by atoms with E-state index < -0.39 is 0 Å². The lowest BCUT2D eigenvalue weighted by Crippen LogP contribution is -2.09. The minimum absolute atomic E-state index is 0.334. The maximum absolute atomic E-state index is 10.0. The summed E-state index contributed by atoms with van der Waals surface area (Å²) in [5.74, 6) is 1.20. The first kappa shape index (κ1) is 11.5. The van der Waals surface area contributed by atoms with Crippen LogP contribution >= 0.6 is 11.3 Å². The number of aliphatic hydroxyl groups excluding tert-OH is 1. The van der Waals surface area contributed by atoms with Gasteiger partial charge in [0.1, 0.15) is 5.75 Å². The van der Waals surface area contributed by atoms with E-state index in [0.717, 1.165) is 23.5 Å². The van der Waals surface area contributed by atoms with Gasteiger partial charge in [-0.15, -0.1) is 11.3 Å². The van der Waals surface area contributed by atoms with Crippen molar-refractivity contribution in [1.29, 1.82) is 0 Å². The summed E-state index contributed by atoms with van der Waals surface area (Å²) in [6.07, 6.45) is 1.69. The summed E-state index contributed by atoms with van der Waals surface area (Å²) in [5, 5.41) is 12.0. The highest BCUT2D eigenvalue weighted by Crippen LogP contribution is 2.33. The zero-order valence-electron chi connectivity index (χ0n) is 8.99. The first-order chi connectivity index (χ1) is 6.72. The second kappa shape index (κ2) is 5.37. The van der Waals surface area contributed by atoms with E-state index >= 15 is 0 Å². The lowest BCUT2D eigenvalue weighted by Gasteiger charge is -2.18. The molecule has 1 unspecified atom stereocenters. The molecule has 0 radical (unpaired) electrons. The standard InChI is InChI=1S/C11H18O2S/c1-4-8(5-2)11(12)10-6-9(13-3)7-14-10/h6-8,11-12H,4-5H2,1-3H3. The van der Waals surface area contributed by atoms with Gasteiger partial charge in [0.15, 0.2) is 0 Å². The number of thiophene rings is 1. The van der Waals surface area contributed by atoms with E-state index in [1.54, 1.807) is 18.4 Å². The minimum Gasteiger partial charge on any atom is -0.496 e. The van der Waals surface area contributed by atoms with Gasteiger partial charge in [0.25, 0.3) is 0 Å². The molecular weight excluding hydrogens is 196 g/mol. The number of aliphatic hydroxyl groups is 1. The van der Waals surface area contributed by atoms with Crippen LogP contribution in [0.3, 0.4) is 0 Å². The third-order valence-electron chi connectivity index (χ3n) is 2.62. The quantitative estimate of drug-likeness (QED) is 0.815. The number of methoxy groups -OCH3 is 1. The van der Waals surface area contributed by atoms with Gasteiger partial charge in [-0.2, -0.15) is 0 Å². The van der Waals surface area contributed by atoms with Gasteiger partial charge in [-0.1, -0.05) is 26.7 Å². The van der Waals surface area contributed by atoms with Crippen molar-refractivity contribution >= 4 is 11.3 Å². The lowest BCUT2D eigenvalue weighted by atomic mass is 9.96. The molecule has 14 heavy (non-hydrogen) atoms. The molecule has 0 aliphatic heterocycles. The van der Waals surface area contributed by atoms with Crippen molar-refractivity contribution in [2.45, 2.75) is 32.8 Å². The average Bonchev–Trinajstić information content (AvgIpc) is 2.67. The van der Waals surface area contributed by atoms with E-state index in [1.807, 2.05) is 11.4 Å². The van der Waals surface area contributed by atoms with E-state index in [1.165, 1.54) is 0 Å². The van der Waals surface area contributed by atoms with Crippen LogP contribution in [0, 0.1) is 5.92 Å². The van der Waals surface area contributed by atoms with Crippen molar-refractivity contribution in [3.05, 3.63) is 16.3 Å². The van der Waals surface area contributed by atoms with E-state index in [0.29, 0.717) is 5.92 Å². The summed E-state index contributed by atoms with van der Waals surface area (Å²) in [7, 11) is 1.65. The fraction of sp³-hybridized carbons (Fsp3) is 0.636. The molecule has 1 rings (SSSR count). The summed E-state index contributed by atoms with van der Waals surface area (Å²) in [6, 6.07) is 1.92. The molecule has 1 aromatic heterocycles. The van der Waals surface area contributed by atoms with Gasteiger partial charge >= 0.3 is 0 Å². The van der Waals surface area contributed by atoms with Gasteiger partial charge in [0.2, 0.25) is 0 Å². The number of ether oxygens (including phenoxy) is 1. The van der Waals surface area contributed by atoms with Crippen LogP contribution in [-0.4, -0.2) is 12.2 Å². The van der Waals surface area contributed by atoms with Crippen molar-refractivity contribution in [3.63, 3.8) is 0 Å². The zero-order valence-corrected chi connectivity index (χ0v) is 9.80. The topological polar surface area (TPSA) is 29.5 Å². The molecule has 1 heterocycles. The predicted octanol–water partition coefficient (Wildman–Crippen LogP) is 3.23. The first-order valence-corrected chi connectivity index (χ1v) is 5.91. The number of hydrogen-bond acceptors (Lipinski definition) is 3. The summed E-state index contributed by atoms with van der Waals surface area (Å²) in [6.45, 7) is 4.23. The Labute approximate surface area is 89.5 Å². The van der Waals surface area contributed by atoms with Crippen molar-refractivity contribution in [3.8, 4) is 5.75 Å². The summed E-state index contributed by atoms with van der Waals surface area (Å²) < 4.78 is 5.09. The molecule has 0 saturated carbocycles. The minimum atomic E-state index is -0.334. The Hall–Kier alpha value is -0.540. The van der Waals surface area contributed by atoms with Gasteiger partial charge in [-0.25, -0.2) is 0 Å². The van der Waals surface area contributed by atoms with E-state index in [4.69, 9.17) is 4.74 Å². The predicted molar refractivity (Wildman–Crippen MR) is 59.9 cm³/mol. The van der Waals surface area contributed by atoms with Crippen LogP contribution in [0.25, 0.3) is 0 Å². The van der Waals surface area contributed by atoms with Crippen molar-refractivity contribution in [2.75, 3.05) is 7.11 Å². The number of rotatable bonds is 5. The Morgan fingerprint density at radius 3 is 2.50 bits per heavy atom. The van der Waals surface area contributed by atoms with Crippen LogP contribution in [-0.2, 0) is 0 Å². The Kier molecular flexibility index (Phi) is 4.42. The molecule has 0 aromatic carbocycles. The molecule has 0 aliphatic carbocycles. The third-order valence-corrected chi connectivity index (χ3v) is 3.60. The first-order valence-electron chi connectivity index (χ1n) is 5.03. The molecule has 3 heteroatoms. The molecule has 1 atom stereocenters. The highest BCUT2D eigenvalue weighted by Gasteiger charge is 2.19. The molecule has 0 amide bonds. The monoisotopic (exact) mass is 214 g/mol. The van der Waals surface area contributed by atoms with Crippen LogP contribution in [0.1, 0.15) is 37.7 Å². The second-order valence-electron chi connectivity index (χ2n) is 3.41. The number of hydrogen-bond donors (Lipinski definition) is 1. The van der Waals surface area contributed by atoms with Gasteiger partial charge in [-0.05, 0) is 12.0 Å². The molecule has 0 saturated heterocycles. The van der Waals surface area contributed by atoms with E-state index in [2.05, 4.69) is 13.8 Å². The third kappa shape index (κ3) is 2.49. The zero-order chi connectivity index (χ0) is 10.6. The van der Waals surface area contributed by atoms with Crippen molar-refractivity contribution < 1.29 is 9.84 Å². The van der Waals surface area contributed by atoms with E-state index in [-0.39, 0.29) is 6.10 Å². The SMILES string of the molecule is CCC(CC)C(O)c1cc(OC)cs1. The largest absolute Gasteiger partial charge is 0.496 e. The smallest absolute Gasteiger partial charge is 0.129 e. The summed E-state index contributed by atoms with van der Waals surface area (Å²) >= 11 is 1.57. The van der Waals surface area contributed by atoms with E-state index in [9.17, 15) is 5.11 Å². The maximum atomic E-state index is 10.0. The molecule has 0 aliphatic rings. The Morgan fingerprint density at radius 1 is 1.43 bits per heavy atom. The van der Waals surface area contributed by atoms with Gasteiger partial charge in [-0.3, -0.25) is 0 Å². The Balaban J connectivity index is 2.72. The molecule has 0 spiro atoms. The lowest BCUT2D eigenvalue weighted by molar-refractivity contribution is 0.106. The molecule has 0 bridgehead atoms.